The molecule has 0 saturated heterocycles. The summed E-state index contributed by atoms with van der Waals surface area (Å²) in [5.41, 5.74) is 0.898. The number of rotatable bonds is 3. The molecule has 12 heavy (non-hydrogen) atoms. The number of anilines is 1. The number of allylic oxidation sites excluding steroid dienone is 1. The molecule has 0 aliphatic rings. The van der Waals surface area contributed by atoms with Gasteiger partial charge in [0.05, 0.1) is 5.70 Å². The molecule has 0 aliphatic heterocycles. The van der Waals surface area contributed by atoms with Gasteiger partial charge >= 0.3 is 0 Å². The molecule has 1 rings (SSSR count). The molecular weight excluding hydrogens is 157 g/mol. The van der Waals surface area contributed by atoms with Crippen LogP contribution >= 0.6 is 0 Å². The standard InChI is InChI=1S/C9H8FNO/c1-7(6-12)11-9-4-2-8(10)3-5-9/h2-6,11H,1H2. The van der Waals surface area contributed by atoms with Gasteiger partial charge in [0.15, 0.2) is 6.29 Å². The summed E-state index contributed by atoms with van der Waals surface area (Å²) in [6.45, 7) is 3.42. The lowest BCUT2D eigenvalue weighted by Gasteiger charge is -2.02. The van der Waals surface area contributed by atoms with Crippen LogP contribution in [0.4, 0.5) is 10.1 Å². The first-order valence-electron chi connectivity index (χ1n) is 3.39. The number of benzene rings is 1. The Hall–Kier alpha value is -1.64. The summed E-state index contributed by atoms with van der Waals surface area (Å²) in [6.07, 6.45) is 0.601. The summed E-state index contributed by atoms with van der Waals surface area (Å²) in [6, 6.07) is 5.68. The van der Waals surface area contributed by atoms with E-state index in [0.29, 0.717) is 12.0 Å². The lowest BCUT2D eigenvalue weighted by Crippen LogP contribution is -1.98. The van der Waals surface area contributed by atoms with Gasteiger partial charge in [-0.2, -0.15) is 0 Å². The molecule has 0 aliphatic carbocycles. The van der Waals surface area contributed by atoms with E-state index in [9.17, 15) is 9.18 Å². The molecule has 0 aromatic heterocycles. The topological polar surface area (TPSA) is 29.1 Å². The zero-order valence-corrected chi connectivity index (χ0v) is 6.38. The summed E-state index contributed by atoms with van der Waals surface area (Å²) in [4.78, 5) is 10.1. The molecule has 0 radical (unpaired) electrons. The third kappa shape index (κ3) is 2.20. The van der Waals surface area contributed by atoms with Crippen LogP contribution < -0.4 is 5.32 Å². The number of hydrogen-bond donors (Lipinski definition) is 1. The second-order valence-corrected chi connectivity index (χ2v) is 2.27. The molecule has 2 nitrogen and oxygen atoms in total. The van der Waals surface area contributed by atoms with Gasteiger partial charge in [0.2, 0.25) is 0 Å². The largest absolute Gasteiger partial charge is 0.353 e. The smallest absolute Gasteiger partial charge is 0.165 e. The first-order valence-corrected chi connectivity index (χ1v) is 3.39. The molecule has 62 valence electrons. The van der Waals surface area contributed by atoms with Crippen molar-refractivity contribution in [3.8, 4) is 0 Å². The molecule has 1 aromatic rings. The monoisotopic (exact) mass is 165 g/mol. The van der Waals surface area contributed by atoms with Gasteiger partial charge in [0.1, 0.15) is 5.82 Å². The molecule has 0 saturated carbocycles. The Morgan fingerprint density at radius 2 is 2.00 bits per heavy atom. The summed E-state index contributed by atoms with van der Waals surface area (Å²) < 4.78 is 12.4. The maximum Gasteiger partial charge on any atom is 0.165 e. The number of nitrogens with one attached hydrogen (secondary N) is 1. The van der Waals surface area contributed by atoms with Gasteiger partial charge in [-0.25, -0.2) is 4.39 Å². The van der Waals surface area contributed by atoms with Crippen LogP contribution in [0.1, 0.15) is 0 Å². The minimum absolute atomic E-state index is 0.251. The van der Waals surface area contributed by atoms with Crippen molar-refractivity contribution in [2.75, 3.05) is 5.32 Å². The highest BCUT2D eigenvalue weighted by Crippen LogP contribution is 2.09. The second kappa shape index (κ2) is 3.67. The summed E-state index contributed by atoms with van der Waals surface area (Å²) >= 11 is 0. The van der Waals surface area contributed by atoms with Crippen LogP contribution in [0, 0.1) is 5.82 Å². The number of aldehydes is 1. The van der Waals surface area contributed by atoms with Gasteiger partial charge in [0.25, 0.3) is 0 Å². The second-order valence-electron chi connectivity index (χ2n) is 2.27. The number of halogens is 1. The highest BCUT2D eigenvalue weighted by atomic mass is 19.1. The third-order valence-corrected chi connectivity index (χ3v) is 1.29. The highest BCUT2D eigenvalue weighted by Gasteiger charge is 1.93. The summed E-state index contributed by atoms with van der Waals surface area (Å²) in [7, 11) is 0. The molecule has 0 bridgehead atoms. The van der Waals surface area contributed by atoms with Gasteiger partial charge in [-0.05, 0) is 24.3 Å². The zero-order valence-electron chi connectivity index (χ0n) is 6.38. The first kappa shape index (κ1) is 8.46. The predicted octanol–water partition coefficient (Wildman–Crippen LogP) is 1.95. The molecule has 3 heteroatoms. The SMILES string of the molecule is C=C(C=O)Nc1ccc(F)cc1. The fourth-order valence-corrected chi connectivity index (χ4v) is 0.748. The van der Waals surface area contributed by atoms with E-state index in [0.717, 1.165) is 0 Å². The van der Waals surface area contributed by atoms with Crippen molar-refractivity contribution in [3.63, 3.8) is 0 Å². The van der Waals surface area contributed by atoms with E-state index in [4.69, 9.17) is 0 Å². The number of carbonyl (C=O) groups is 1. The van der Waals surface area contributed by atoms with E-state index in [1.54, 1.807) is 0 Å². The summed E-state index contributed by atoms with van der Waals surface area (Å²) in [5.74, 6) is -0.308. The molecule has 0 heterocycles. The van der Waals surface area contributed by atoms with Crippen LogP contribution in [0.15, 0.2) is 36.5 Å². The van der Waals surface area contributed by atoms with E-state index in [1.807, 2.05) is 0 Å². The molecular formula is C9H8FNO. The van der Waals surface area contributed by atoms with Crippen LogP contribution in [0.3, 0.4) is 0 Å². The van der Waals surface area contributed by atoms with Crippen molar-refractivity contribution in [1.82, 2.24) is 0 Å². The average molecular weight is 165 g/mol. The Morgan fingerprint density at radius 3 is 2.50 bits per heavy atom. The molecule has 0 amide bonds. The summed E-state index contributed by atoms with van der Waals surface area (Å²) in [5, 5.41) is 2.69. The van der Waals surface area contributed by atoms with Crippen molar-refractivity contribution in [2.45, 2.75) is 0 Å². The first-order chi connectivity index (χ1) is 5.72. The Balaban J connectivity index is 2.71. The van der Waals surface area contributed by atoms with Crippen molar-refractivity contribution in [3.05, 3.63) is 42.4 Å². The fourth-order valence-electron chi connectivity index (χ4n) is 0.748. The molecule has 0 atom stereocenters. The van der Waals surface area contributed by atoms with Crippen molar-refractivity contribution < 1.29 is 9.18 Å². The zero-order chi connectivity index (χ0) is 8.97. The van der Waals surface area contributed by atoms with Crippen molar-refractivity contribution in [2.24, 2.45) is 0 Å². The van der Waals surface area contributed by atoms with E-state index >= 15 is 0 Å². The van der Waals surface area contributed by atoms with E-state index in [2.05, 4.69) is 11.9 Å². The molecule has 0 fully saturated rings. The highest BCUT2D eigenvalue weighted by molar-refractivity contribution is 5.77. The Bertz CT molecular complexity index is 292. The lowest BCUT2D eigenvalue weighted by atomic mass is 10.3. The predicted molar refractivity (Wildman–Crippen MR) is 45.2 cm³/mol. The third-order valence-electron chi connectivity index (χ3n) is 1.29. The van der Waals surface area contributed by atoms with Crippen LogP contribution in [0.2, 0.25) is 0 Å². The van der Waals surface area contributed by atoms with Crippen molar-refractivity contribution >= 4 is 12.0 Å². The van der Waals surface area contributed by atoms with E-state index < -0.39 is 0 Å². The van der Waals surface area contributed by atoms with Crippen molar-refractivity contribution in [1.29, 1.82) is 0 Å². The average Bonchev–Trinajstić information content (AvgIpc) is 2.09. The maximum atomic E-state index is 12.4. The Labute approximate surface area is 69.7 Å². The van der Waals surface area contributed by atoms with Crippen LogP contribution in [0.25, 0.3) is 0 Å². The normalized spacial score (nSPS) is 9.08. The van der Waals surface area contributed by atoms with Gasteiger partial charge in [-0.15, -0.1) is 0 Å². The van der Waals surface area contributed by atoms with Crippen LogP contribution in [-0.4, -0.2) is 6.29 Å². The van der Waals surface area contributed by atoms with Gasteiger partial charge < -0.3 is 5.32 Å². The Morgan fingerprint density at radius 1 is 1.42 bits per heavy atom. The van der Waals surface area contributed by atoms with E-state index in [1.165, 1.54) is 24.3 Å². The molecule has 1 aromatic carbocycles. The molecule has 0 unspecified atom stereocenters. The number of carbonyl (C=O) groups excluding carboxylic acids is 1. The quantitative estimate of drug-likeness (QED) is 0.547. The fraction of sp³-hybridized carbons (Fsp3) is 0. The molecule has 1 N–H and O–H groups in total. The maximum absolute atomic E-state index is 12.4. The number of hydrogen-bond acceptors (Lipinski definition) is 2. The van der Waals surface area contributed by atoms with Crippen LogP contribution in [0.5, 0.6) is 0 Å². The minimum Gasteiger partial charge on any atom is -0.353 e. The van der Waals surface area contributed by atoms with Crippen LogP contribution in [-0.2, 0) is 4.79 Å². The van der Waals surface area contributed by atoms with E-state index in [-0.39, 0.29) is 11.5 Å². The lowest BCUT2D eigenvalue weighted by molar-refractivity contribution is -0.104. The Kier molecular flexibility index (Phi) is 2.58. The van der Waals surface area contributed by atoms with Gasteiger partial charge in [-0.1, -0.05) is 6.58 Å². The van der Waals surface area contributed by atoms with Gasteiger partial charge in [0, 0.05) is 5.69 Å². The minimum atomic E-state index is -0.308. The van der Waals surface area contributed by atoms with Gasteiger partial charge in [-0.3, -0.25) is 4.79 Å². The molecule has 0 spiro atoms.